The van der Waals surface area contributed by atoms with Crippen LogP contribution in [0.4, 0.5) is 8.78 Å². The Balaban J connectivity index is 2.04. The highest BCUT2D eigenvalue weighted by atomic mass is 19.1. The standard InChI is InChI=1S/C23H27F2N3O2/c1-4-12-27(14-16(2)29)15-22-17(3)26-28(20-10-8-18(24)9-11-20)23(22)30-21-7-5-6-19(25)13-21/h5-11,13,16,29H,4,12,14-15H2,1-3H3. The third-order valence-corrected chi connectivity index (χ3v) is 4.66. The number of aliphatic hydroxyl groups excluding tert-OH is 1. The van der Waals surface area contributed by atoms with Crippen molar-refractivity contribution in [1.82, 2.24) is 14.7 Å². The van der Waals surface area contributed by atoms with Crippen LogP contribution in [0, 0.1) is 18.6 Å². The van der Waals surface area contributed by atoms with Gasteiger partial charge >= 0.3 is 0 Å². The van der Waals surface area contributed by atoms with E-state index >= 15 is 0 Å². The van der Waals surface area contributed by atoms with Crippen LogP contribution in [0.1, 0.15) is 31.5 Å². The Morgan fingerprint density at radius 3 is 2.50 bits per heavy atom. The first-order chi connectivity index (χ1) is 14.4. The lowest BCUT2D eigenvalue weighted by Crippen LogP contribution is -2.31. The fraction of sp³-hybridized carbons (Fsp3) is 0.348. The lowest BCUT2D eigenvalue weighted by molar-refractivity contribution is 0.122. The van der Waals surface area contributed by atoms with E-state index in [4.69, 9.17) is 4.74 Å². The van der Waals surface area contributed by atoms with Gasteiger partial charge in [-0.1, -0.05) is 13.0 Å². The summed E-state index contributed by atoms with van der Waals surface area (Å²) >= 11 is 0. The van der Waals surface area contributed by atoms with E-state index in [9.17, 15) is 13.9 Å². The van der Waals surface area contributed by atoms with Gasteiger partial charge in [-0.3, -0.25) is 4.90 Å². The van der Waals surface area contributed by atoms with Crippen molar-refractivity contribution in [1.29, 1.82) is 0 Å². The Bertz CT molecular complexity index is 971. The molecule has 1 unspecified atom stereocenters. The monoisotopic (exact) mass is 415 g/mol. The fourth-order valence-corrected chi connectivity index (χ4v) is 3.37. The third kappa shape index (κ3) is 5.43. The van der Waals surface area contributed by atoms with Gasteiger partial charge in [-0.05, 0) is 63.2 Å². The zero-order valence-corrected chi connectivity index (χ0v) is 17.5. The fourth-order valence-electron chi connectivity index (χ4n) is 3.37. The summed E-state index contributed by atoms with van der Waals surface area (Å²) in [6, 6.07) is 11.8. The normalized spacial score (nSPS) is 12.4. The molecule has 1 aromatic heterocycles. The van der Waals surface area contributed by atoms with E-state index in [0.29, 0.717) is 30.4 Å². The number of aryl methyl sites for hydroxylation is 1. The van der Waals surface area contributed by atoms with E-state index < -0.39 is 11.9 Å². The van der Waals surface area contributed by atoms with Gasteiger partial charge in [0.15, 0.2) is 0 Å². The molecular formula is C23H27F2N3O2. The van der Waals surface area contributed by atoms with E-state index in [1.54, 1.807) is 35.9 Å². The zero-order chi connectivity index (χ0) is 21.7. The number of aromatic nitrogens is 2. The van der Waals surface area contributed by atoms with Gasteiger partial charge in [0.2, 0.25) is 5.88 Å². The summed E-state index contributed by atoms with van der Waals surface area (Å²) in [5.74, 6) is 0.0373. The van der Waals surface area contributed by atoms with Crippen molar-refractivity contribution in [2.45, 2.75) is 39.8 Å². The largest absolute Gasteiger partial charge is 0.438 e. The average Bonchev–Trinajstić information content (AvgIpc) is 2.98. The number of halogens is 2. The second-order valence-electron chi connectivity index (χ2n) is 7.40. The number of rotatable bonds is 9. The van der Waals surface area contributed by atoms with Crippen LogP contribution >= 0.6 is 0 Å². The predicted octanol–water partition coefficient (Wildman–Crippen LogP) is 4.84. The molecule has 1 N–H and O–H groups in total. The number of hydrogen-bond acceptors (Lipinski definition) is 4. The van der Waals surface area contributed by atoms with Crippen LogP contribution in [0.2, 0.25) is 0 Å². The molecule has 3 aromatic rings. The van der Waals surface area contributed by atoms with Crippen LogP contribution in [0.15, 0.2) is 48.5 Å². The molecule has 0 saturated heterocycles. The predicted molar refractivity (Wildman–Crippen MR) is 112 cm³/mol. The first-order valence-corrected chi connectivity index (χ1v) is 10.1. The quantitative estimate of drug-likeness (QED) is 0.543. The van der Waals surface area contributed by atoms with E-state index in [1.807, 2.05) is 6.92 Å². The highest BCUT2D eigenvalue weighted by Gasteiger charge is 2.22. The van der Waals surface area contributed by atoms with E-state index in [2.05, 4.69) is 16.9 Å². The van der Waals surface area contributed by atoms with Crippen molar-refractivity contribution < 1.29 is 18.6 Å². The molecule has 7 heteroatoms. The van der Waals surface area contributed by atoms with Gasteiger partial charge in [0.25, 0.3) is 0 Å². The SMILES string of the molecule is CCCN(Cc1c(C)nn(-c2ccc(F)cc2)c1Oc1cccc(F)c1)CC(C)O. The summed E-state index contributed by atoms with van der Waals surface area (Å²) in [5.41, 5.74) is 2.21. The lowest BCUT2D eigenvalue weighted by atomic mass is 10.2. The van der Waals surface area contributed by atoms with Crippen LogP contribution < -0.4 is 4.74 Å². The maximum Gasteiger partial charge on any atom is 0.227 e. The Kier molecular flexibility index (Phi) is 7.18. The molecule has 0 aliphatic heterocycles. The van der Waals surface area contributed by atoms with Crippen molar-refractivity contribution in [3.63, 3.8) is 0 Å². The van der Waals surface area contributed by atoms with Crippen LogP contribution in [0.3, 0.4) is 0 Å². The Labute approximate surface area is 175 Å². The molecule has 0 spiro atoms. The van der Waals surface area contributed by atoms with Gasteiger partial charge in [0.1, 0.15) is 17.4 Å². The molecule has 0 aliphatic rings. The number of benzene rings is 2. The summed E-state index contributed by atoms with van der Waals surface area (Å²) in [4.78, 5) is 2.13. The Morgan fingerprint density at radius 1 is 1.13 bits per heavy atom. The summed E-state index contributed by atoms with van der Waals surface area (Å²) in [5, 5.41) is 14.5. The van der Waals surface area contributed by atoms with Gasteiger partial charge in [-0.15, -0.1) is 0 Å². The second kappa shape index (κ2) is 9.82. The van der Waals surface area contributed by atoms with Crippen molar-refractivity contribution in [3.05, 3.63) is 71.4 Å². The highest BCUT2D eigenvalue weighted by molar-refractivity contribution is 5.43. The van der Waals surface area contributed by atoms with Crippen molar-refractivity contribution in [2.75, 3.05) is 13.1 Å². The molecule has 1 atom stereocenters. The van der Waals surface area contributed by atoms with Crippen LogP contribution in [0.25, 0.3) is 5.69 Å². The molecule has 0 fully saturated rings. The summed E-state index contributed by atoms with van der Waals surface area (Å²) in [6.07, 6.45) is 0.453. The van der Waals surface area contributed by atoms with Gasteiger partial charge in [-0.25, -0.2) is 13.5 Å². The maximum atomic E-state index is 13.7. The number of nitrogens with zero attached hydrogens (tertiary/aromatic N) is 3. The number of hydrogen-bond donors (Lipinski definition) is 1. The van der Waals surface area contributed by atoms with Crippen LogP contribution in [-0.2, 0) is 6.54 Å². The van der Waals surface area contributed by atoms with Gasteiger partial charge in [0.05, 0.1) is 23.0 Å². The topological polar surface area (TPSA) is 50.5 Å². The number of aliphatic hydroxyl groups is 1. The third-order valence-electron chi connectivity index (χ3n) is 4.66. The van der Waals surface area contributed by atoms with Gasteiger partial charge in [-0.2, -0.15) is 5.10 Å². The number of ether oxygens (including phenoxy) is 1. The Morgan fingerprint density at radius 2 is 1.87 bits per heavy atom. The summed E-state index contributed by atoms with van der Waals surface area (Å²) < 4.78 is 34.8. The minimum Gasteiger partial charge on any atom is -0.438 e. The van der Waals surface area contributed by atoms with Crippen LogP contribution in [0.5, 0.6) is 11.6 Å². The summed E-state index contributed by atoms with van der Waals surface area (Å²) in [6.45, 7) is 7.52. The van der Waals surface area contributed by atoms with Crippen molar-refractivity contribution in [2.24, 2.45) is 0 Å². The molecule has 0 amide bonds. The average molecular weight is 415 g/mol. The molecule has 0 aliphatic carbocycles. The molecule has 0 bridgehead atoms. The van der Waals surface area contributed by atoms with Gasteiger partial charge < -0.3 is 9.84 Å². The van der Waals surface area contributed by atoms with Crippen LogP contribution in [-0.4, -0.2) is 39.0 Å². The lowest BCUT2D eigenvalue weighted by Gasteiger charge is -2.23. The molecule has 1 heterocycles. The van der Waals surface area contributed by atoms with Gasteiger partial charge in [0, 0.05) is 19.2 Å². The molecule has 0 saturated carbocycles. The first-order valence-electron chi connectivity index (χ1n) is 10.1. The van der Waals surface area contributed by atoms with Crippen molar-refractivity contribution >= 4 is 0 Å². The second-order valence-corrected chi connectivity index (χ2v) is 7.40. The van der Waals surface area contributed by atoms with E-state index in [1.165, 1.54) is 24.3 Å². The van der Waals surface area contributed by atoms with Crippen molar-refractivity contribution in [3.8, 4) is 17.3 Å². The molecule has 3 rings (SSSR count). The zero-order valence-electron chi connectivity index (χ0n) is 17.5. The maximum absolute atomic E-state index is 13.7. The molecule has 2 aromatic carbocycles. The first kappa shape index (κ1) is 21.9. The minimum absolute atomic E-state index is 0.345. The molecule has 0 radical (unpaired) electrons. The molecule has 5 nitrogen and oxygen atoms in total. The minimum atomic E-state index is -0.475. The summed E-state index contributed by atoms with van der Waals surface area (Å²) in [7, 11) is 0. The molecular weight excluding hydrogens is 388 g/mol. The molecule has 160 valence electrons. The Hall–Kier alpha value is -2.77. The molecule has 30 heavy (non-hydrogen) atoms. The smallest absolute Gasteiger partial charge is 0.227 e. The van der Waals surface area contributed by atoms with E-state index in [0.717, 1.165) is 24.2 Å². The highest BCUT2D eigenvalue weighted by Crippen LogP contribution is 2.32. The van der Waals surface area contributed by atoms with E-state index in [-0.39, 0.29) is 5.82 Å².